The summed E-state index contributed by atoms with van der Waals surface area (Å²) in [5, 5.41) is 0. The quantitative estimate of drug-likeness (QED) is 0.546. The third-order valence-corrected chi connectivity index (χ3v) is 0.869. The molecule has 1 heterocycles. The van der Waals surface area contributed by atoms with Crippen LogP contribution in [0.5, 0.6) is 0 Å². The minimum Gasteiger partial charge on any atom is -0.382 e. The van der Waals surface area contributed by atoms with Crippen molar-refractivity contribution in [2.24, 2.45) is 0 Å². The lowest BCUT2D eigenvalue weighted by Gasteiger charge is -1.78. The first-order chi connectivity index (χ1) is 4.89. The van der Waals surface area contributed by atoms with Gasteiger partial charge in [0.25, 0.3) is 0 Å². The number of nitrogens with zero attached hydrogens (tertiary/aromatic N) is 2. The molecule has 0 aromatic carbocycles. The first-order valence-electron chi connectivity index (χ1n) is 2.82. The van der Waals surface area contributed by atoms with E-state index in [0.717, 1.165) is 0 Å². The van der Waals surface area contributed by atoms with Crippen LogP contribution in [0.4, 0.5) is 5.82 Å². The molecule has 0 radical (unpaired) electrons. The average molecular weight is 136 g/mol. The molecule has 0 aliphatic heterocycles. The highest BCUT2D eigenvalue weighted by Crippen LogP contribution is 1.82. The summed E-state index contributed by atoms with van der Waals surface area (Å²) < 4.78 is 0. The Balaban J connectivity index is 3.13. The zero-order valence-electron chi connectivity index (χ0n) is 5.36. The Morgan fingerprint density at radius 2 is 2.40 bits per heavy atom. The van der Waals surface area contributed by atoms with Gasteiger partial charge in [-0.25, -0.2) is 9.97 Å². The van der Waals surface area contributed by atoms with E-state index in [4.69, 9.17) is 5.73 Å². The molecule has 0 aliphatic carbocycles. The predicted molar refractivity (Wildman–Crippen MR) is 38.4 cm³/mol. The van der Waals surface area contributed by atoms with Crippen molar-refractivity contribution >= 4 is 5.82 Å². The smallest absolute Gasteiger partial charge is 0.141 e. The maximum atomic E-state index is 5.37. The summed E-state index contributed by atoms with van der Waals surface area (Å²) >= 11 is 0. The number of aromatic nitrogens is 3. The van der Waals surface area contributed by atoms with E-state index in [2.05, 4.69) is 15.0 Å². The molecule has 0 aliphatic rings. The van der Waals surface area contributed by atoms with Crippen molar-refractivity contribution in [2.75, 3.05) is 5.73 Å². The van der Waals surface area contributed by atoms with Gasteiger partial charge in [0, 0.05) is 18.6 Å². The second-order valence-electron chi connectivity index (χ2n) is 1.64. The molecule has 0 atom stereocenters. The average Bonchev–Trinajstić information content (AvgIpc) is 2.02. The summed E-state index contributed by atoms with van der Waals surface area (Å²) in [5.41, 5.74) is 5.37. The maximum absolute atomic E-state index is 5.37. The van der Waals surface area contributed by atoms with Gasteiger partial charge in [-0.15, -0.1) is 0 Å². The van der Waals surface area contributed by atoms with Crippen LogP contribution in [0.3, 0.4) is 0 Å². The van der Waals surface area contributed by atoms with E-state index in [0.29, 0.717) is 5.82 Å². The molecule has 0 unspecified atom stereocenters. The largest absolute Gasteiger partial charge is 0.382 e. The number of nitrogen functional groups attached to an aromatic ring is 1. The fourth-order valence-corrected chi connectivity index (χ4v) is 0.458. The maximum Gasteiger partial charge on any atom is 0.141 e. The van der Waals surface area contributed by atoms with Gasteiger partial charge in [0.15, 0.2) is 0 Å². The molecule has 0 fully saturated rings. The minimum atomic E-state index is 0.406. The molecular weight excluding hydrogens is 128 g/mol. The van der Waals surface area contributed by atoms with Crippen molar-refractivity contribution in [3.8, 4) is 0 Å². The van der Waals surface area contributed by atoms with Crippen molar-refractivity contribution in [1.29, 1.82) is 0 Å². The highest BCUT2D eigenvalue weighted by molar-refractivity contribution is 5.18. The SMILES string of the molecule is Nc1c[nH]cccncn1. The minimum absolute atomic E-state index is 0.406. The van der Waals surface area contributed by atoms with Crippen LogP contribution in [0.25, 0.3) is 0 Å². The van der Waals surface area contributed by atoms with Gasteiger partial charge in [-0.2, -0.15) is 0 Å². The molecule has 0 saturated carbocycles. The fraction of sp³-hybridized carbons (Fsp3) is 0. The van der Waals surface area contributed by atoms with Crippen LogP contribution in [0.15, 0.2) is 31.0 Å². The summed E-state index contributed by atoms with van der Waals surface area (Å²) in [5.74, 6) is 0.406. The second kappa shape index (κ2) is 3.45. The normalized spacial score (nSPS) is 8.40. The second-order valence-corrected chi connectivity index (χ2v) is 1.64. The van der Waals surface area contributed by atoms with E-state index in [-0.39, 0.29) is 0 Å². The molecule has 1 rings (SSSR count). The zero-order valence-corrected chi connectivity index (χ0v) is 5.36. The van der Waals surface area contributed by atoms with Crippen LogP contribution >= 0.6 is 0 Å². The molecule has 3 N–H and O–H groups in total. The van der Waals surface area contributed by atoms with Gasteiger partial charge in [0.1, 0.15) is 12.1 Å². The van der Waals surface area contributed by atoms with Crippen LogP contribution in [0, 0.1) is 0 Å². The fourth-order valence-electron chi connectivity index (χ4n) is 0.458. The van der Waals surface area contributed by atoms with E-state index in [1.807, 2.05) is 0 Å². The molecule has 0 bridgehead atoms. The van der Waals surface area contributed by atoms with Crippen LogP contribution in [0.2, 0.25) is 0 Å². The molecule has 4 heteroatoms. The number of anilines is 1. The van der Waals surface area contributed by atoms with Crippen LogP contribution < -0.4 is 5.73 Å². The van der Waals surface area contributed by atoms with Gasteiger partial charge in [-0.3, -0.25) is 0 Å². The Labute approximate surface area is 58.5 Å². The number of nitrogens with two attached hydrogens (primary N) is 1. The molecule has 0 amide bonds. The van der Waals surface area contributed by atoms with E-state index in [1.165, 1.54) is 6.33 Å². The Hall–Kier alpha value is -1.58. The van der Waals surface area contributed by atoms with Gasteiger partial charge >= 0.3 is 0 Å². The van der Waals surface area contributed by atoms with Crippen molar-refractivity contribution in [3.05, 3.63) is 31.0 Å². The van der Waals surface area contributed by atoms with Crippen molar-refractivity contribution in [3.63, 3.8) is 0 Å². The molecule has 10 heavy (non-hydrogen) atoms. The number of rotatable bonds is 0. The molecule has 0 saturated heterocycles. The molecule has 4 nitrogen and oxygen atoms in total. The molecule has 52 valence electrons. The molecule has 0 spiro atoms. The topological polar surface area (TPSA) is 67.6 Å². The molecule has 1 aromatic heterocycles. The van der Waals surface area contributed by atoms with Gasteiger partial charge in [0.2, 0.25) is 0 Å². The van der Waals surface area contributed by atoms with E-state index in [9.17, 15) is 0 Å². The Kier molecular flexibility index (Phi) is 2.25. The highest BCUT2D eigenvalue weighted by atomic mass is 14.9. The zero-order chi connectivity index (χ0) is 7.23. The summed E-state index contributed by atoms with van der Waals surface area (Å²) in [7, 11) is 0. The highest BCUT2D eigenvalue weighted by Gasteiger charge is 1.71. The van der Waals surface area contributed by atoms with Gasteiger partial charge in [-0.1, -0.05) is 0 Å². The van der Waals surface area contributed by atoms with Crippen molar-refractivity contribution in [1.82, 2.24) is 15.0 Å². The summed E-state index contributed by atoms with van der Waals surface area (Å²) in [4.78, 5) is 10.3. The third-order valence-electron chi connectivity index (χ3n) is 0.869. The standard InChI is InChI=1S/C6H8N4/c7-6-4-8-2-1-3-9-5-10-6/h1-5,8H,7H2. The van der Waals surface area contributed by atoms with Gasteiger partial charge in [0.05, 0.1) is 0 Å². The number of H-pyrrole nitrogens is 1. The van der Waals surface area contributed by atoms with Gasteiger partial charge < -0.3 is 10.7 Å². The Morgan fingerprint density at radius 3 is 3.30 bits per heavy atom. The monoisotopic (exact) mass is 136 g/mol. The van der Waals surface area contributed by atoms with Crippen molar-refractivity contribution in [2.45, 2.75) is 0 Å². The number of aromatic amines is 1. The first kappa shape index (κ1) is 6.54. The molecule has 1 aromatic rings. The lowest BCUT2D eigenvalue weighted by Crippen LogP contribution is -1.85. The van der Waals surface area contributed by atoms with Crippen LogP contribution in [-0.4, -0.2) is 15.0 Å². The Bertz CT molecular complexity index is 217. The Morgan fingerprint density at radius 1 is 1.50 bits per heavy atom. The van der Waals surface area contributed by atoms with E-state index in [1.54, 1.807) is 24.7 Å². The summed E-state index contributed by atoms with van der Waals surface area (Å²) in [6.07, 6.45) is 6.30. The van der Waals surface area contributed by atoms with Crippen molar-refractivity contribution < 1.29 is 0 Å². The lowest BCUT2D eigenvalue weighted by molar-refractivity contribution is 1.21. The number of nitrogens with one attached hydrogen (secondary N) is 1. The molecular formula is C6H8N4. The predicted octanol–water partition coefficient (Wildman–Crippen LogP) is 0.511. The third kappa shape index (κ3) is 2.13. The summed E-state index contributed by atoms with van der Waals surface area (Å²) in [6.45, 7) is 0. The van der Waals surface area contributed by atoms with E-state index < -0.39 is 0 Å². The number of hydrogen-bond donors (Lipinski definition) is 2. The van der Waals surface area contributed by atoms with E-state index >= 15 is 0 Å². The number of hydrogen-bond acceptors (Lipinski definition) is 3. The first-order valence-corrected chi connectivity index (χ1v) is 2.82. The lowest BCUT2D eigenvalue weighted by atomic mass is 10.7. The summed E-state index contributed by atoms with van der Waals surface area (Å²) in [6, 6.07) is 1.75. The van der Waals surface area contributed by atoms with Gasteiger partial charge in [-0.05, 0) is 6.07 Å². The van der Waals surface area contributed by atoms with Crippen LogP contribution in [-0.2, 0) is 0 Å². The van der Waals surface area contributed by atoms with Crippen LogP contribution in [0.1, 0.15) is 0 Å².